The number of nitrogens with one attached hydrogen (secondary N) is 1. The number of aromatic nitrogens is 1. The standard InChI is InChI=1S/C18H17FN2O2S/c1-14(20-24(22,23)18-9-7-16(19)8-10-18)15-5-4-6-17(13-15)21-11-2-3-12-21/h2-14,20H,1H3/t14-/m0/s1. The molecule has 1 heterocycles. The molecule has 0 radical (unpaired) electrons. The van der Waals surface area contributed by atoms with Crippen LogP contribution in [0.5, 0.6) is 0 Å². The van der Waals surface area contributed by atoms with Crippen molar-refractivity contribution in [3.8, 4) is 5.69 Å². The van der Waals surface area contributed by atoms with Gasteiger partial charge in [0.25, 0.3) is 0 Å². The molecule has 3 rings (SSSR count). The summed E-state index contributed by atoms with van der Waals surface area (Å²) < 4.78 is 42.3. The number of benzene rings is 2. The summed E-state index contributed by atoms with van der Waals surface area (Å²) in [7, 11) is -3.71. The summed E-state index contributed by atoms with van der Waals surface area (Å²) in [6, 6.07) is 15.8. The maximum atomic E-state index is 13.0. The van der Waals surface area contributed by atoms with Gasteiger partial charge in [0.2, 0.25) is 10.0 Å². The molecule has 1 aromatic heterocycles. The van der Waals surface area contributed by atoms with E-state index in [9.17, 15) is 12.8 Å². The predicted octanol–water partition coefficient (Wildman–Crippen LogP) is 3.66. The van der Waals surface area contributed by atoms with E-state index in [1.807, 2.05) is 53.4 Å². The van der Waals surface area contributed by atoms with Gasteiger partial charge in [-0.25, -0.2) is 17.5 Å². The maximum Gasteiger partial charge on any atom is 0.241 e. The van der Waals surface area contributed by atoms with E-state index in [4.69, 9.17) is 0 Å². The average molecular weight is 344 g/mol. The molecule has 1 atom stereocenters. The van der Waals surface area contributed by atoms with Crippen molar-refractivity contribution in [2.45, 2.75) is 17.9 Å². The fourth-order valence-electron chi connectivity index (χ4n) is 2.44. The van der Waals surface area contributed by atoms with Crippen LogP contribution in [0, 0.1) is 5.82 Å². The van der Waals surface area contributed by atoms with Crippen molar-refractivity contribution in [3.05, 3.63) is 84.4 Å². The van der Waals surface area contributed by atoms with E-state index in [1.54, 1.807) is 6.92 Å². The number of nitrogens with zero attached hydrogens (tertiary/aromatic N) is 1. The highest BCUT2D eigenvalue weighted by atomic mass is 32.2. The predicted molar refractivity (Wildman–Crippen MR) is 90.9 cm³/mol. The van der Waals surface area contributed by atoms with Crippen LogP contribution in [0.1, 0.15) is 18.5 Å². The second-order valence-electron chi connectivity index (χ2n) is 5.48. The zero-order valence-corrected chi connectivity index (χ0v) is 13.9. The van der Waals surface area contributed by atoms with E-state index in [0.29, 0.717) is 0 Å². The Kier molecular flexibility index (Phi) is 4.51. The first kappa shape index (κ1) is 16.4. The Hall–Kier alpha value is -2.44. The topological polar surface area (TPSA) is 51.1 Å². The van der Waals surface area contributed by atoms with Gasteiger partial charge in [-0.15, -0.1) is 0 Å². The first-order valence-electron chi connectivity index (χ1n) is 7.47. The highest BCUT2D eigenvalue weighted by molar-refractivity contribution is 7.89. The second-order valence-corrected chi connectivity index (χ2v) is 7.20. The fraction of sp³-hybridized carbons (Fsp3) is 0.111. The lowest BCUT2D eigenvalue weighted by Crippen LogP contribution is -2.27. The summed E-state index contributed by atoms with van der Waals surface area (Å²) in [6.45, 7) is 1.77. The summed E-state index contributed by atoms with van der Waals surface area (Å²) in [6.07, 6.45) is 3.85. The van der Waals surface area contributed by atoms with E-state index in [1.165, 1.54) is 12.1 Å². The molecule has 0 fully saturated rings. The largest absolute Gasteiger partial charge is 0.324 e. The lowest BCUT2D eigenvalue weighted by Gasteiger charge is -2.16. The van der Waals surface area contributed by atoms with Gasteiger partial charge in [-0.3, -0.25) is 0 Å². The van der Waals surface area contributed by atoms with Crippen LogP contribution < -0.4 is 4.72 Å². The van der Waals surface area contributed by atoms with Gasteiger partial charge in [-0.05, 0) is 61.0 Å². The summed E-state index contributed by atoms with van der Waals surface area (Å²) >= 11 is 0. The summed E-state index contributed by atoms with van der Waals surface area (Å²) in [5.74, 6) is -0.471. The molecule has 2 aromatic carbocycles. The maximum absolute atomic E-state index is 13.0. The average Bonchev–Trinajstić information content (AvgIpc) is 3.09. The van der Waals surface area contributed by atoms with E-state index in [-0.39, 0.29) is 4.90 Å². The van der Waals surface area contributed by atoms with Crippen molar-refractivity contribution >= 4 is 10.0 Å². The zero-order chi connectivity index (χ0) is 17.2. The molecule has 0 spiro atoms. The number of hydrogen-bond donors (Lipinski definition) is 1. The quantitative estimate of drug-likeness (QED) is 0.768. The van der Waals surface area contributed by atoms with Gasteiger partial charge in [-0.2, -0.15) is 0 Å². The van der Waals surface area contributed by atoms with Gasteiger partial charge in [0.05, 0.1) is 4.90 Å². The molecule has 4 nitrogen and oxygen atoms in total. The van der Waals surface area contributed by atoms with Gasteiger partial charge in [-0.1, -0.05) is 12.1 Å². The van der Waals surface area contributed by atoms with Crippen LogP contribution in [0.15, 0.2) is 78.0 Å². The van der Waals surface area contributed by atoms with Crippen LogP contribution in [0.3, 0.4) is 0 Å². The highest BCUT2D eigenvalue weighted by Gasteiger charge is 2.18. The van der Waals surface area contributed by atoms with E-state index in [2.05, 4.69) is 4.72 Å². The van der Waals surface area contributed by atoms with Gasteiger partial charge < -0.3 is 4.57 Å². The molecule has 0 aliphatic carbocycles. The van der Waals surface area contributed by atoms with Crippen LogP contribution in [0.2, 0.25) is 0 Å². The molecule has 6 heteroatoms. The molecule has 1 N–H and O–H groups in total. The first-order valence-corrected chi connectivity index (χ1v) is 8.95. The van der Waals surface area contributed by atoms with Gasteiger partial charge in [0.1, 0.15) is 5.82 Å². The third kappa shape index (κ3) is 3.55. The highest BCUT2D eigenvalue weighted by Crippen LogP contribution is 2.20. The van der Waals surface area contributed by atoms with Crippen LogP contribution in [0.4, 0.5) is 4.39 Å². The van der Waals surface area contributed by atoms with Crippen LogP contribution in [-0.4, -0.2) is 13.0 Å². The second kappa shape index (κ2) is 6.59. The van der Waals surface area contributed by atoms with Gasteiger partial charge in [0, 0.05) is 24.1 Å². The minimum absolute atomic E-state index is 0.0392. The van der Waals surface area contributed by atoms with E-state index >= 15 is 0 Å². The van der Waals surface area contributed by atoms with Crippen molar-refractivity contribution < 1.29 is 12.8 Å². The number of halogens is 1. The Morgan fingerprint density at radius 3 is 2.33 bits per heavy atom. The lowest BCUT2D eigenvalue weighted by molar-refractivity contribution is 0.566. The summed E-state index contributed by atoms with van der Waals surface area (Å²) in [4.78, 5) is 0.0392. The Labute approximate surface area is 140 Å². The van der Waals surface area contributed by atoms with Crippen LogP contribution in [-0.2, 0) is 10.0 Å². The number of sulfonamides is 1. The molecule has 0 aliphatic rings. The SMILES string of the molecule is C[C@H](NS(=O)(=O)c1ccc(F)cc1)c1cccc(-n2cccc2)c1. The third-order valence-corrected chi connectivity index (χ3v) is 5.29. The van der Waals surface area contributed by atoms with Gasteiger partial charge >= 0.3 is 0 Å². The molecular weight excluding hydrogens is 327 g/mol. The van der Waals surface area contributed by atoms with E-state index < -0.39 is 21.9 Å². The summed E-state index contributed by atoms with van der Waals surface area (Å²) in [5.41, 5.74) is 1.79. The molecule has 3 aromatic rings. The minimum atomic E-state index is -3.71. The molecule has 0 saturated carbocycles. The smallest absolute Gasteiger partial charge is 0.241 e. The fourth-order valence-corrected chi connectivity index (χ4v) is 3.68. The Balaban J connectivity index is 1.83. The molecule has 24 heavy (non-hydrogen) atoms. The molecule has 0 saturated heterocycles. The summed E-state index contributed by atoms with van der Waals surface area (Å²) in [5, 5.41) is 0. The van der Waals surface area contributed by atoms with Crippen molar-refractivity contribution in [3.63, 3.8) is 0 Å². The third-order valence-electron chi connectivity index (χ3n) is 3.73. The van der Waals surface area contributed by atoms with Crippen molar-refractivity contribution in [2.24, 2.45) is 0 Å². The van der Waals surface area contributed by atoms with Crippen LogP contribution >= 0.6 is 0 Å². The van der Waals surface area contributed by atoms with Gasteiger partial charge in [0.15, 0.2) is 0 Å². The first-order chi connectivity index (χ1) is 11.5. The Morgan fingerprint density at radius 2 is 1.67 bits per heavy atom. The van der Waals surface area contributed by atoms with Crippen molar-refractivity contribution in [1.82, 2.24) is 9.29 Å². The van der Waals surface area contributed by atoms with E-state index in [0.717, 1.165) is 23.4 Å². The molecule has 0 amide bonds. The van der Waals surface area contributed by atoms with Crippen molar-refractivity contribution in [2.75, 3.05) is 0 Å². The van der Waals surface area contributed by atoms with Crippen molar-refractivity contribution in [1.29, 1.82) is 0 Å². The Bertz CT molecular complexity index is 920. The Morgan fingerprint density at radius 1 is 1.00 bits per heavy atom. The molecule has 0 bridgehead atoms. The lowest BCUT2D eigenvalue weighted by atomic mass is 10.1. The zero-order valence-electron chi connectivity index (χ0n) is 13.1. The molecule has 0 unspecified atom stereocenters. The molecule has 0 aliphatic heterocycles. The molecular formula is C18H17FN2O2S. The monoisotopic (exact) mass is 344 g/mol. The minimum Gasteiger partial charge on any atom is -0.324 e. The number of hydrogen-bond acceptors (Lipinski definition) is 2. The van der Waals surface area contributed by atoms with Crippen LogP contribution in [0.25, 0.3) is 5.69 Å². The number of rotatable bonds is 5. The normalized spacial score (nSPS) is 12.9. The molecule has 124 valence electrons.